The summed E-state index contributed by atoms with van der Waals surface area (Å²) in [4.78, 5) is 24.9. The van der Waals surface area contributed by atoms with E-state index in [1.807, 2.05) is 0 Å². The number of nitrogens with one attached hydrogen (secondary N) is 1. The third-order valence-corrected chi connectivity index (χ3v) is 5.42. The number of carboxylic acids is 1. The average molecular weight is 340 g/mol. The van der Waals surface area contributed by atoms with E-state index in [-0.39, 0.29) is 11.1 Å². The monoisotopic (exact) mass is 340 g/mol. The van der Waals surface area contributed by atoms with E-state index in [0.29, 0.717) is 16.5 Å². The van der Waals surface area contributed by atoms with E-state index in [4.69, 9.17) is 0 Å². The van der Waals surface area contributed by atoms with E-state index in [0.717, 1.165) is 29.7 Å². The molecule has 6 heteroatoms. The lowest BCUT2D eigenvalue weighted by Crippen LogP contribution is -2.16. The van der Waals surface area contributed by atoms with Gasteiger partial charge in [-0.1, -0.05) is 19.1 Å². The third-order valence-electron chi connectivity index (χ3n) is 4.25. The maximum atomic E-state index is 12.5. The summed E-state index contributed by atoms with van der Waals surface area (Å²) in [5.41, 5.74) is 1.59. The lowest BCUT2D eigenvalue weighted by molar-refractivity contribution is 0.0692. The van der Waals surface area contributed by atoms with Gasteiger partial charge in [-0.2, -0.15) is 5.26 Å². The molecule has 0 saturated heterocycles. The Morgan fingerprint density at radius 1 is 1.33 bits per heavy atom. The van der Waals surface area contributed by atoms with Crippen molar-refractivity contribution >= 4 is 28.2 Å². The fourth-order valence-electron chi connectivity index (χ4n) is 3.00. The van der Waals surface area contributed by atoms with Crippen LogP contribution in [0.15, 0.2) is 24.3 Å². The number of rotatable bonds is 3. The van der Waals surface area contributed by atoms with Crippen LogP contribution in [0.2, 0.25) is 0 Å². The SMILES string of the molecule is C[C@H]1CCc2c(sc(NC(=O)c3ccccc3C(=O)O)c2C#N)C1. The topological polar surface area (TPSA) is 90.2 Å². The van der Waals surface area contributed by atoms with E-state index in [1.54, 1.807) is 12.1 Å². The molecule has 0 bridgehead atoms. The van der Waals surface area contributed by atoms with Crippen molar-refractivity contribution < 1.29 is 14.7 Å². The molecule has 1 heterocycles. The number of hydrogen-bond donors (Lipinski definition) is 2. The Labute approximate surface area is 143 Å². The highest BCUT2D eigenvalue weighted by Crippen LogP contribution is 2.39. The van der Waals surface area contributed by atoms with E-state index in [9.17, 15) is 20.0 Å². The predicted molar refractivity (Wildman–Crippen MR) is 91.6 cm³/mol. The number of aromatic carboxylic acids is 1. The molecule has 5 nitrogen and oxygen atoms in total. The van der Waals surface area contributed by atoms with Crippen LogP contribution in [-0.2, 0) is 12.8 Å². The molecule has 0 fully saturated rings. The molecule has 1 aromatic heterocycles. The van der Waals surface area contributed by atoms with Gasteiger partial charge in [-0.15, -0.1) is 11.3 Å². The molecule has 0 spiro atoms. The van der Waals surface area contributed by atoms with E-state index >= 15 is 0 Å². The molecule has 2 aromatic rings. The number of carbonyl (C=O) groups excluding carboxylic acids is 1. The number of fused-ring (bicyclic) bond motifs is 1. The van der Waals surface area contributed by atoms with Crippen molar-refractivity contribution in [3.63, 3.8) is 0 Å². The number of benzene rings is 1. The summed E-state index contributed by atoms with van der Waals surface area (Å²) in [5, 5.41) is 21.9. The summed E-state index contributed by atoms with van der Waals surface area (Å²) in [6.45, 7) is 2.18. The molecule has 24 heavy (non-hydrogen) atoms. The molecule has 2 N–H and O–H groups in total. The molecule has 0 saturated carbocycles. The van der Waals surface area contributed by atoms with Crippen LogP contribution in [0.1, 0.15) is 50.1 Å². The summed E-state index contributed by atoms with van der Waals surface area (Å²) in [6, 6.07) is 8.25. The second-order valence-electron chi connectivity index (χ2n) is 5.97. The first kappa shape index (κ1) is 16.2. The Kier molecular flexibility index (Phi) is 4.36. The molecule has 0 aliphatic heterocycles. The summed E-state index contributed by atoms with van der Waals surface area (Å²) < 4.78 is 0. The molecule has 1 amide bonds. The quantitative estimate of drug-likeness (QED) is 0.891. The zero-order chi connectivity index (χ0) is 17.3. The van der Waals surface area contributed by atoms with Crippen LogP contribution >= 0.6 is 11.3 Å². The Morgan fingerprint density at radius 3 is 2.71 bits per heavy atom. The minimum absolute atomic E-state index is 0.0524. The molecule has 1 aliphatic rings. The van der Waals surface area contributed by atoms with Crippen LogP contribution in [0, 0.1) is 17.2 Å². The lowest BCUT2D eigenvalue weighted by atomic mass is 9.88. The van der Waals surface area contributed by atoms with Crippen LogP contribution in [0.3, 0.4) is 0 Å². The fraction of sp³-hybridized carbons (Fsp3) is 0.278. The molecular weight excluding hydrogens is 324 g/mol. The number of amides is 1. The van der Waals surface area contributed by atoms with Crippen molar-refractivity contribution in [1.82, 2.24) is 0 Å². The van der Waals surface area contributed by atoms with Gasteiger partial charge in [0.2, 0.25) is 0 Å². The van der Waals surface area contributed by atoms with Crippen molar-refractivity contribution in [3.8, 4) is 6.07 Å². The molecule has 1 aliphatic carbocycles. The minimum Gasteiger partial charge on any atom is -0.478 e. The standard InChI is InChI=1S/C18H16N2O3S/c1-10-6-7-11-14(9-19)17(24-15(11)8-10)20-16(21)12-4-2-3-5-13(12)18(22)23/h2-5,10H,6-8H2,1H3,(H,20,21)(H,22,23)/t10-/m0/s1. The van der Waals surface area contributed by atoms with Gasteiger partial charge in [-0.25, -0.2) is 4.79 Å². The highest BCUT2D eigenvalue weighted by atomic mass is 32.1. The molecule has 122 valence electrons. The van der Waals surface area contributed by atoms with Gasteiger partial charge in [0.05, 0.1) is 16.7 Å². The molecule has 0 unspecified atom stereocenters. The second kappa shape index (κ2) is 6.46. The number of hydrogen-bond acceptors (Lipinski definition) is 4. The first-order valence-electron chi connectivity index (χ1n) is 7.69. The Hall–Kier alpha value is -2.65. The minimum atomic E-state index is -1.15. The van der Waals surface area contributed by atoms with Gasteiger partial charge in [0.1, 0.15) is 11.1 Å². The van der Waals surface area contributed by atoms with E-state index in [2.05, 4.69) is 18.3 Å². The van der Waals surface area contributed by atoms with Gasteiger partial charge in [-0.3, -0.25) is 4.79 Å². The van der Waals surface area contributed by atoms with Crippen LogP contribution in [0.25, 0.3) is 0 Å². The van der Waals surface area contributed by atoms with E-state index in [1.165, 1.54) is 23.5 Å². The van der Waals surface area contributed by atoms with Gasteiger partial charge < -0.3 is 10.4 Å². The van der Waals surface area contributed by atoms with Gasteiger partial charge in [0.15, 0.2) is 0 Å². The largest absolute Gasteiger partial charge is 0.478 e. The maximum Gasteiger partial charge on any atom is 0.336 e. The Balaban J connectivity index is 1.94. The highest BCUT2D eigenvalue weighted by molar-refractivity contribution is 7.16. The zero-order valence-electron chi connectivity index (χ0n) is 13.1. The molecule has 3 rings (SSSR count). The fourth-order valence-corrected chi connectivity index (χ4v) is 4.35. The first-order valence-corrected chi connectivity index (χ1v) is 8.51. The molecule has 0 radical (unpaired) electrons. The normalized spacial score (nSPS) is 16.1. The summed E-state index contributed by atoms with van der Waals surface area (Å²) in [5.74, 6) is -1.09. The molecule has 1 atom stereocenters. The Bertz CT molecular complexity index is 864. The van der Waals surface area contributed by atoms with E-state index < -0.39 is 11.9 Å². The average Bonchev–Trinajstić information content (AvgIpc) is 2.90. The predicted octanol–water partition coefficient (Wildman–Crippen LogP) is 3.70. The van der Waals surface area contributed by atoms with Gasteiger partial charge in [-0.05, 0) is 42.9 Å². The van der Waals surface area contributed by atoms with Crippen LogP contribution in [0.4, 0.5) is 5.00 Å². The number of carboxylic acid groups (broad SMARTS) is 1. The number of nitriles is 1. The van der Waals surface area contributed by atoms with Crippen molar-refractivity contribution in [1.29, 1.82) is 5.26 Å². The first-order chi connectivity index (χ1) is 11.5. The lowest BCUT2D eigenvalue weighted by Gasteiger charge is -2.17. The smallest absolute Gasteiger partial charge is 0.336 e. The van der Waals surface area contributed by atoms with Gasteiger partial charge in [0, 0.05) is 4.88 Å². The summed E-state index contributed by atoms with van der Waals surface area (Å²) in [7, 11) is 0. The Morgan fingerprint density at radius 2 is 2.04 bits per heavy atom. The number of thiophene rings is 1. The number of carbonyl (C=O) groups is 2. The number of anilines is 1. The van der Waals surface area contributed by atoms with Gasteiger partial charge >= 0.3 is 5.97 Å². The summed E-state index contributed by atoms with van der Waals surface area (Å²) >= 11 is 1.43. The zero-order valence-corrected chi connectivity index (χ0v) is 13.9. The van der Waals surface area contributed by atoms with Crippen molar-refractivity contribution in [2.45, 2.75) is 26.2 Å². The van der Waals surface area contributed by atoms with Crippen molar-refractivity contribution in [2.24, 2.45) is 5.92 Å². The molecule has 1 aromatic carbocycles. The second-order valence-corrected chi connectivity index (χ2v) is 7.08. The van der Waals surface area contributed by atoms with Crippen molar-refractivity contribution in [3.05, 3.63) is 51.4 Å². The third kappa shape index (κ3) is 2.91. The van der Waals surface area contributed by atoms with Crippen molar-refractivity contribution in [2.75, 3.05) is 5.32 Å². The summed E-state index contributed by atoms with van der Waals surface area (Å²) in [6.07, 6.45) is 2.79. The van der Waals surface area contributed by atoms with Crippen LogP contribution in [0.5, 0.6) is 0 Å². The number of nitrogens with zero attached hydrogens (tertiary/aromatic N) is 1. The molecular formula is C18H16N2O3S. The highest BCUT2D eigenvalue weighted by Gasteiger charge is 2.25. The maximum absolute atomic E-state index is 12.5. The van der Waals surface area contributed by atoms with Crippen LogP contribution in [-0.4, -0.2) is 17.0 Å². The van der Waals surface area contributed by atoms with Crippen LogP contribution < -0.4 is 5.32 Å². The van der Waals surface area contributed by atoms with Gasteiger partial charge in [0.25, 0.3) is 5.91 Å².